The van der Waals surface area contributed by atoms with Crippen LogP contribution >= 0.6 is 0 Å². The standard InChI is InChI=1S/C10H17BN2O3/c1-3-4-10(2,13-9(11)15)7(14)8-12-5-6-16-8/h7,14H,3-6H2,1-2H3,(H,13,15)/t7?,10-/m0/s1. The second kappa shape index (κ2) is 5.34. The van der Waals surface area contributed by atoms with Crippen molar-refractivity contribution in [3.63, 3.8) is 0 Å². The van der Waals surface area contributed by atoms with Gasteiger partial charge in [0, 0.05) is 0 Å². The highest BCUT2D eigenvalue weighted by Gasteiger charge is 2.38. The molecular formula is C10H17BN2O3. The molecule has 2 radical (unpaired) electrons. The Morgan fingerprint density at radius 1 is 1.81 bits per heavy atom. The van der Waals surface area contributed by atoms with Crippen LogP contribution in [0, 0.1) is 0 Å². The van der Waals surface area contributed by atoms with E-state index in [0.717, 1.165) is 6.42 Å². The summed E-state index contributed by atoms with van der Waals surface area (Å²) in [5.41, 5.74) is -0.830. The summed E-state index contributed by atoms with van der Waals surface area (Å²) in [6, 6.07) is 0. The molecule has 2 atom stereocenters. The molecule has 0 aromatic heterocycles. The third-order valence-electron chi connectivity index (χ3n) is 2.62. The normalized spacial score (nSPS) is 20.6. The van der Waals surface area contributed by atoms with Gasteiger partial charge in [0.2, 0.25) is 13.7 Å². The molecule has 88 valence electrons. The van der Waals surface area contributed by atoms with Crippen LogP contribution in [0.3, 0.4) is 0 Å². The summed E-state index contributed by atoms with van der Waals surface area (Å²) in [5, 5.41) is 12.7. The monoisotopic (exact) mass is 224 g/mol. The Kier molecular flexibility index (Phi) is 4.35. The number of ether oxygens (including phenoxy) is 1. The first kappa shape index (κ1) is 13.0. The van der Waals surface area contributed by atoms with E-state index in [9.17, 15) is 9.90 Å². The Hall–Kier alpha value is -1.04. The Morgan fingerprint density at radius 3 is 2.94 bits per heavy atom. The van der Waals surface area contributed by atoms with Crippen LogP contribution in [0.1, 0.15) is 26.7 Å². The van der Waals surface area contributed by atoms with Gasteiger partial charge in [0.1, 0.15) is 6.61 Å². The lowest BCUT2D eigenvalue weighted by atomic mass is 9.87. The van der Waals surface area contributed by atoms with E-state index in [1.54, 1.807) is 6.92 Å². The molecule has 0 bridgehead atoms. The van der Waals surface area contributed by atoms with Crippen LogP contribution in [-0.4, -0.2) is 49.5 Å². The van der Waals surface area contributed by atoms with Crippen LogP contribution < -0.4 is 5.32 Å². The quantitative estimate of drug-likeness (QED) is 0.656. The molecule has 0 aliphatic carbocycles. The Morgan fingerprint density at radius 2 is 2.50 bits per heavy atom. The summed E-state index contributed by atoms with van der Waals surface area (Å²) in [6.45, 7) is 4.72. The number of nitrogens with one attached hydrogen (secondary N) is 1. The zero-order chi connectivity index (χ0) is 12.2. The predicted molar refractivity (Wildman–Crippen MR) is 61.9 cm³/mol. The minimum Gasteiger partial charge on any atom is -0.477 e. The van der Waals surface area contributed by atoms with Crippen molar-refractivity contribution >= 4 is 19.6 Å². The summed E-state index contributed by atoms with van der Waals surface area (Å²) >= 11 is 0. The number of carbonyl (C=O) groups excluding carboxylic acids is 1. The molecule has 0 spiro atoms. The number of amides is 1. The number of aliphatic imine (C=N–C) groups is 1. The maximum atomic E-state index is 10.9. The molecule has 2 N–H and O–H groups in total. The zero-order valence-electron chi connectivity index (χ0n) is 9.69. The van der Waals surface area contributed by atoms with Crippen molar-refractivity contribution in [2.45, 2.75) is 38.3 Å². The average molecular weight is 224 g/mol. The molecule has 1 amide bonds. The van der Waals surface area contributed by atoms with E-state index in [4.69, 9.17) is 12.6 Å². The molecule has 1 unspecified atom stereocenters. The molecule has 1 aliphatic rings. The molecular weight excluding hydrogens is 207 g/mol. The molecule has 0 saturated heterocycles. The van der Waals surface area contributed by atoms with Gasteiger partial charge < -0.3 is 15.2 Å². The third kappa shape index (κ3) is 2.98. The highest BCUT2D eigenvalue weighted by Crippen LogP contribution is 2.20. The van der Waals surface area contributed by atoms with Gasteiger partial charge in [-0.1, -0.05) is 13.3 Å². The number of aliphatic hydroxyl groups excluding tert-OH is 1. The Labute approximate surface area is 96.7 Å². The lowest BCUT2D eigenvalue weighted by molar-refractivity contribution is 0.104. The zero-order valence-corrected chi connectivity index (χ0v) is 9.69. The maximum Gasteiger partial charge on any atom is 0.215 e. The first-order chi connectivity index (χ1) is 7.49. The van der Waals surface area contributed by atoms with E-state index in [-0.39, 0.29) is 5.90 Å². The minimum absolute atomic E-state index is 0.282. The summed E-state index contributed by atoms with van der Waals surface area (Å²) in [6.07, 6.45) is 0.447. The molecule has 0 aromatic rings. The smallest absolute Gasteiger partial charge is 0.215 e. The van der Waals surface area contributed by atoms with Gasteiger partial charge in [-0.2, -0.15) is 0 Å². The number of carbonyl (C=O) groups is 1. The van der Waals surface area contributed by atoms with Crippen molar-refractivity contribution in [3.8, 4) is 0 Å². The number of hydrogen-bond acceptors (Lipinski definition) is 4. The van der Waals surface area contributed by atoms with Crippen molar-refractivity contribution in [1.29, 1.82) is 0 Å². The van der Waals surface area contributed by atoms with Gasteiger partial charge in [-0.3, -0.25) is 4.79 Å². The topological polar surface area (TPSA) is 70.9 Å². The highest BCUT2D eigenvalue weighted by atomic mass is 16.5. The molecule has 5 nitrogen and oxygen atoms in total. The SMILES string of the molecule is [B]C(=O)N[C@@](C)(CCC)C(O)C1=NCCO1. The fourth-order valence-corrected chi connectivity index (χ4v) is 1.86. The van der Waals surface area contributed by atoms with Gasteiger partial charge in [-0.05, 0) is 13.3 Å². The van der Waals surface area contributed by atoms with Crippen molar-refractivity contribution < 1.29 is 14.6 Å². The Balaban J connectivity index is 2.78. The van der Waals surface area contributed by atoms with Crippen molar-refractivity contribution in [2.24, 2.45) is 4.99 Å². The molecule has 0 fully saturated rings. The number of hydrogen-bond donors (Lipinski definition) is 2. The van der Waals surface area contributed by atoms with Gasteiger partial charge in [0.05, 0.1) is 12.1 Å². The summed E-state index contributed by atoms with van der Waals surface area (Å²) in [7, 11) is 5.10. The van der Waals surface area contributed by atoms with E-state index in [1.807, 2.05) is 6.92 Å². The predicted octanol–water partition coefficient (Wildman–Crippen LogP) is 0.213. The van der Waals surface area contributed by atoms with Gasteiger partial charge >= 0.3 is 0 Å². The lowest BCUT2D eigenvalue weighted by Gasteiger charge is -2.34. The van der Waals surface area contributed by atoms with E-state index >= 15 is 0 Å². The fourth-order valence-electron chi connectivity index (χ4n) is 1.86. The van der Waals surface area contributed by atoms with Crippen molar-refractivity contribution in [3.05, 3.63) is 0 Å². The van der Waals surface area contributed by atoms with E-state index < -0.39 is 17.4 Å². The second-order valence-electron chi connectivity index (χ2n) is 4.13. The summed E-state index contributed by atoms with van der Waals surface area (Å²) < 4.78 is 5.20. The van der Waals surface area contributed by atoms with Crippen LogP contribution in [0.15, 0.2) is 4.99 Å². The van der Waals surface area contributed by atoms with E-state index in [0.29, 0.717) is 19.6 Å². The van der Waals surface area contributed by atoms with Crippen LogP contribution in [-0.2, 0) is 4.74 Å². The fraction of sp³-hybridized carbons (Fsp3) is 0.800. The summed E-state index contributed by atoms with van der Waals surface area (Å²) in [4.78, 5) is 15.0. The van der Waals surface area contributed by atoms with Crippen LogP contribution in [0.25, 0.3) is 0 Å². The average Bonchev–Trinajstić information content (AvgIpc) is 2.68. The minimum atomic E-state index is -0.956. The third-order valence-corrected chi connectivity index (χ3v) is 2.62. The van der Waals surface area contributed by atoms with E-state index in [1.165, 1.54) is 0 Å². The molecule has 0 aromatic carbocycles. The molecule has 6 heteroatoms. The van der Waals surface area contributed by atoms with Gasteiger partial charge in [-0.25, -0.2) is 4.99 Å². The second-order valence-corrected chi connectivity index (χ2v) is 4.13. The van der Waals surface area contributed by atoms with Crippen LogP contribution in [0.2, 0.25) is 0 Å². The first-order valence-corrected chi connectivity index (χ1v) is 5.42. The van der Waals surface area contributed by atoms with Crippen LogP contribution in [0.4, 0.5) is 4.79 Å². The van der Waals surface area contributed by atoms with Gasteiger partial charge in [0.15, 0.2) is 11.9 Å². The first-order valence-electron chi connectivity index (χ1n) is 5.42. The largest absolute Gasteiger partial charge is 0.477 e. The molecule has 1 heterocycles. The molecule has 1 aliphatic heterocycles. The number of rotatable bonds is 5. The van der Waals surface area contributed by atoms with Gasteiger partial charge in [0.25, 0.3) is 0 Å². The number of aliphatic hydroxyl groups is 1. The van der Waals surface area contributed by atoms with Crippen molar-refractivity contribution in [1.82, 2.24) is 5.32 Å². The molecule has 16 heavy (non-hydrogen) atoms. The Bertz CT molecular complexity index is 296. The summed E-state index contributed by atoms with van der Waals surface area (Å²) in [5.74, 6) is -0.377. The van der Waals surface area contributed by atoms with Gasteiger partial charge in [-0.15, -0.1) is 0 Å². The lowest BCUT2D eigenvalue weighted by Crippen LogP contribution is -2.57. The van der Waals surface area contributed by atoms with Crippen molar-refractivity contribution in [2.75, 3.05) is 13.2 Å². The van der Waals surface area contributed by atoms with Crippen LogP contribution in [0.5, 0.6) is 0 Å². The highest BCUT2D eigenvalue weighted by molar-refractivity contribution is 6.57. The molecule has 0 saturated carbocycles. The number of nitrogens with zero attached hydrogens (tertiary/aromatic N) is 1. The maximum absolute atomic E-state index is 10.9. The van der Waals surface area contributed by atoms with E-state index in [2.05, 4.69) is 10.3 Å². The molecule has 1 rings (SSSR count).